The number of hydrogen-bond donors (Lipinski definition) is 1. The van der Waals surface area contributed by atoms with E-state index in [1.165, 1.54) is 4.68 Å². The molecule has 0 unspecified atom stereocenters. The van der Waals surface area contributed by atoms with Crippen molar-refractivity contribution in [3.63, 3.8) is 0 Å². The molecule has 0 bridgehead atoms. The lowest BCUT2D eigenvalue weighted by Crippen LogP contribution is -2.36. The van der Waals surface area contributed by atoms with E-state index in [1.54, 1.807) is 25.4 Å². The van der Waals surface area contributed by atoms with Gasteiger partial charge in [-0.05, 0) is 25.0 Å². The Morgan fingerprint density at radius 2 is 1.88 bits per heavy atom. The van der Waals surface area contributed by atoms with Crippen molar-refractivity contribution < 1.29 is 9.59 Å². The van der Waals surface area contributed by atoms with E-state index >= 15 is 0 Å². The largest absolute Gasteiger partial charge is 0.322 e. The third-order valence-corrected chi connectivity index (χ3v) is 5.29. The fraction of sp³-hybridized carbons (Fsp3) is 0.368. The average Bonchev–Trinajstić information content (AvgIpc) is 3.01. The highest BCUT2D eigenvalue weighted by atomic mass is 79.9. The molecule has 1 N–H and O–H groups in total. The number of anilines is 1. The number of Topliss-reactive ketones (excluding diaryl/α,β-unsaturated/α-hetero) is 1. The van der Waals surface area contributed by atoms with Crippen molar-refractivity contribution in [3.8, 4) is 6.07 Å². The maximum Gasteiger partial charge on any atom is 0.228 e. The van der Waals surface area contributed by atoms with Gasteiger partial charge in [-0.15, -0.1) is 0 Å². The van der Waals surface area contributed by atoms with Crippen LogP contribution in [0.15, 0.2) is 34.9 Å². The lowest BCUT2D eigenvalue weighted by atomic mass is 9.75. The third-order valence-electron chi connectivity index (χ3n) is 4.76. The number of aryl methyl sites for hydroxylation is 1. The van der Waals surface area contributed by atoms with Crippen molar-refractivity contribution in [1.29, 1.82) is 5.26 Å². The van der Waals surface area contributed by atoms with Gasteiger partial charge in [0.2, 0.25) is 5.91 Å². The number of carbonyl (C=O) groups excluding carboxylic acids is 2. The van der Waals surface area contributed by atoms with E-state index in [2.05, 4.69) is 26.3 Å². The molecule has 1 aromatic carbocycles. The molecule has 1 aromatic heterocycles. The molecule has 2 atom stereocenters. The van der Waals surface area contributed by atoms with Crippen LogP contribution in [-0.4, -0.2) is 21.5 Å². The number of ketones is 1. The normalized spacial score (nSPS) is 19.6. The minimum Gasteiger partial charge on any atom is -0.322 e. The van der Waals surface area contributed by atoms with E-state index < -0.39 is 5.92 Å². The highest BCUT2D eigenvalue weighted by Crippen LogP contribution is 2.34. The predicted molar refractivity (Wildman–Crippen MR) is 100 cm³/mol. The van der Waals surface area contributed by atoms with Crippen molar-refractivity contribution in [3.05, 3.63) is 46.2 Å². The van der Waals surface area contributed by atoms with Crippen LogP contribution in [0.1, 0.15) is 41.7 Å². The van der Waals surface area contributed by atoms with Gasteiger partial charge >= 0.3 is 0 Å². The smallest absolute Gasteiger partial charge is 0.228 e. The average molecular weight is 415 g/mol. The van der Waals surface area contributed by atoms with Gasteiger partial charge in [-0.2, -0.15) is 10.4 Å². The quantitative estimate of drug-likeness (QED) is 0.772. The van der Waals surface area contributed by atoms with E-state index in [9.17, 15) is 9.59 Å². The first-order valence-corrected chi connectivity index (χ1v) is 9.33. The molecule has 7 heteroatoms. The van der Waals surface area contributed by atoms with Gasteiger partial charge in [0.15, 0.2) is 11.5 Å². The molecular formula is C19H19BrN4O2. The molecule has 2 aromatic rings. The van der Waals surface area contributed by atoms with E-state index in [1.807, 2.05) is 18.2 Å². The predicted octanol–water partition coefficient (Wildman–Crippen LogP) is 3.68. The van der Waals surface area contributed by atoms with E-state index in [4.69, 9.17) is 5.26 Å². The van der Waals surface area contributed by atoms with Crippen LogP contribution < -0.4 is 5.32 Å². The molecule has 0 saturated heterocycles. The van der Waals surface area contributed by atoms with Crippen LogP contribution in [-0.2, 0) is 11.8 Å². The van der Waals surface area contributed by atoms with Crippen LogP contribution in [0, 0.1) is 23.2 Å². The first-order valence-electron chi connectivity index (χ1n) is 8.54. The van der Waals surface area contributed by atoms with Gasteiger partial charge in [-0.1, -0.05) is 40.9 Å². The molecule has 1 heterocycles. The van der Waals surface area contributed by atoms with Gasteiger partial charge in [0, 0.05) is 35.1 Å². The van der Waals surface area contributed by atoms with Crippen molar-refractivity contribution in [2.75, 3.05) is 5.32 Å². The number of nitriles is 1. The monoisotopic (exact) mass is 414 g/mol. The number of rotatable bonds is 4. The summed E-state index contributed by atoms with van der Waals surface area (Å²) in [7, 11) is 1.69. The van der Waals surface area contributed by atoms with E-state index in [0.717, 1.165) is 17.3 Å². The summed E-state index contributed by atoms with van der Waals surface area (Å²) in [6, 6.07) is 9.20. The summed E-state index contributed by atoms with van der Waals surface area (Å²) in [6.07, 6.45) is 4.82. The van der Waals surface area contributed by atoms with Crippen LogP contribution in [0.2, 0.25) is 0 Å². The maximum absolute atomic E-state index is 12.9. The summed E-state index contributed by atoms with van der Waals surface area (Å²) in [5.41, 5.74) is 1.19. The Balaban J connectivity index is 1.79. The molecule has 0 aliphatic heterocycles. The zero-order valence-electron chi connectivity index (χ0n) is 14.4. The topological polar surface area (TPSA) is 87.8 Å². The Morgan fingerprint density at radius 3 is 2.54 bits per heavy atom. The minimum atomic E-state index is -0.397. The van der Waals surface area contributed by atoms with Gasteiger partial charge in [-0.25, -0.2) is 0 Å². The van der Waals surface area contributed by atoms with E-state index in [-0.39, 0.29) is 23.3 Å². The second kappa shape index (κ2) is 7.83. The fourth-order valence-electron chi connectivity index (χ4n) is 3.47. The molecule has 0 radical (unpaired) electrons. The van der Waals surface area contributed by atoms with Crippen molar-refractivity contribution in [1.82, 2.24) is 9.78 Å². The van der Waals surface area contributed by atoms with Gasteiger partial charge < -0.3 is 5.32 Å². The molecule has 1 aliphatic carbocycles. The summed E-state index contributed by atoms with van der Waals surface area (Å²) in [5.74, 6) is -0.951. The summed E-state index contributed by atoms with van der Waals surface area (Å²) in [4.78, 5) is 25.8. The van der Waals surface area contributed by atoms with Gasteiger partial charge in [0.25, 0.3) is 0 Å². The molecule has 6 nitrogen and oxygen atoms in total. The second-order valence-electron chi connectivity index (χ2n) is 6.53. The van der Waals surface area contributed by atoms with Crippen LogP contribution in [0.25, 0.3) is 0 Å². The number of carbonyl (C=O) groups is 2. The number of nitrogens with one attached hydrogen (secondary N) is 1. The molecule has 3 rings (SSSR count). The lowest BCUT2D eigenvalue weighted by Gasteiger charge is -2.29. The first-order chi connectivity index (χ1) is 12.5. The van der Waals surface area contributed by atoms with Crippen molar-refractivity contribution in [2.45, 2.75) is 25.7 Å². The summed E-state index contributed by atoms with van der Waals surface area (Å²) < 4.78 is 2.40. The zero-order valence-corrected chi connectivity index (χ0v) is 16.0. The summed E-state index contributed by atoms with van der Waals surface area (Å²) in [6.45, 7) is 0. The highest BCUT2D eigenvalue weighted by molar-refractivity contribution is 9.10. The number of aromatic nitrogens is 2. The fourth-order valence-corrected chi connectivity index (χ4v) is 3.74. The Hall–Kier alpha value is -2.46. The molecule has 1 aliphatic rings. The Kier molecular flexibility index (Phi) is 5.52. The number of halogens is 1. The molecule has 26 heavy (non-hydrogen) atoms. The van der Waals surface area contributed by atoms with Crippen molar-refractivity contribution in [2.24, 2.45) is 18.9 Å². The summed E-state index contributed by atoms with van der Waals surface area (Å²) >= 11 is 3.37. The first kappa shape index (κ1) is 18.3. The Morgan fingerprint density at radius 1 is 1.23 bits per heavy atom. The standard InChI is InChI=1S/C19H19BrN4O2/c1-24-11-17(16(10-21)23-24)22-19(26)15-5-3-2-4-14(15)18(25)12-6-8-13(20)9-7-12/h6-9,11,14-15H,2-5H2,1H3,(H,22,26)/t14-,15-/m0/s1. The van der Waals surface area contributed by atoms with Crippen LogP contribution >= 0.6 is 15.9 Å². The maximum atomic E-state index is 12.9. The third kappa shape index (κ3) is 3.86. The van der Waals surface area contributed by atoms with Crippen LogP contribution in [0.5, 0.6) is 0 Å². The molecule has 1 fully saturated rings. The van der Waals surface area contributed by atoms with Crippen LogP contribution in [0.3, 0.4) is 0 Å². The molecule has 1 amide bonds. The Bertz CT molecular complexity index is 867. The number of hydrogen-bond acceptors (Lipinski definition) is 4. The lowest BCUT2D eigenvalue weighted by molar-refractivity contribution is -0.122. The molecule has 0 spiro atoms. The molecular weight excluding hydrogens is 396 g/mol. The second-order valence-corrected chi connectivity index (χ2v) is 7.45. The Labute approximate surface area is 160 Å². The van der Waals surface area contributed by atoms with E-state index in [0.29, 0.717) is 24.1 Å². The molecule has 1 saturated carbocycles. The highest BCUT2D eigenvalue weighted by Gasteiger charge is 2.36. The summed E-state index contributed by atoms with van der Waals surface area (Å²) in [5, 5.41) is 15.9. The van der Waals surface area contributed by atoms with Gasteiger partial charge in [0.05, 0.1) is 5.69 Å². The SMILES string of the molecule is Cn1cc(NC(=O)[C@H]2CCCC[C@@H]2C(=O)c2ccc(Br)cc2)c(C#N)n1. The van der Waals surface area contributed by atoms with Crippen molar-refractivity contribution >= 4 is 33.3 Å². The van der Waals surface area contributed by atoms with Gasteiger partial charge in [-0.3, -0.25) is 14.3 Å². The minimum absolute atomic E-state index is 0.00374. The molecule has 134 valence electrons. The number of nitrogens with zero attached hydrogens (tertiary/aromatic N) is 3. The number of amides is 1. The number of benzene rings is 1. The van der Waals surface area contributed by atoms with Gasteiger partial charge in [0.1, 0.15) is 6.07 Å². The zero-order chi connectivity index (χ0) is 18.7. The van der Waals surface area contributed by atoms with Crippen LogP contribution in [0.4, 0.5) is 5.69 Å².